The molecule has 1 heterocycles. The zero-order valence-corrected chi connectivity index (χ0v) is 7.67. The maximum absolute atomic E-state index is 5.61. The summed E-state index contributed by atoms with van der Waals surface area (Å²) in [6.07, 6.45) is 2.90. The molecule has 0 unspecified atom stereocenters. The van der Waals surface area contributed by atoms with E-state index in [-0.39, 0.29) is 0 Å². The number of aryl methyl sites for hydroxylation is 2. The van der Waals surface area contributed by atoms with Gasteiger partial charge in [0.25, 0.3) is 0 Å². The van der Waals surface area contributed by atoms with E-state index in [2.05, 4.69) is 23.8 Å². The zero-order chi connectivity index (χ0) is 8.97. The van der Waals surface area contributed by atoms with Crippen LogP contribution in [0, 0.1) is 0 Å². The van der Waals surface area contributed by atoms with Crippen molar-refractivity contribution in [1.82, 2.24) is 9.97 Å². The van der Waals surface area contributed by atoms with Gasteiger partial charge < -0.3 is 5.73 Å². The SMILES string of the molecule is CCCc1nc(N)cc(CC)n1. The van der Waals surface area contributed by atoms with E-state index >= 15 is 0 Å². The van der Waals surface area contributed by atoms with Crippen molar-refractivity contribution in [3.8, 4) is 0 Å². The number of anilines is 1. The van der Waals surface area contributed by atoms with Crippen LogP contribution in [-0.2, 0) is 12.8 Å². The molecule has 0 amide bonds. The zero-order valence-electron chi connectivity index (χ0n) is 7.67. The number of aromatic nitrogens is 2. The minimum absolute atomic E-state index is 0.588. The average molecular weight is 165 g/mol. The molecule has 3 heteroatoms. The lowest BCUT2D eigenvalue weighted by Gasteiger charge is -2.02. The third kappa shape index (κ3) is 2.19. The molecule has 12 heavy (non-hydrogen) atoms. The van der Waals surface area contributed by atoms with Crippen LogP contribution in [0.5, 0.6) is 0 Å². The first-order chi connectivity index (χ1) is 5.76. The van der Waals surface area contributed by atoms with Gasteiger partial charge in [0.15, 0.2) is 0 Å². The van der Waals surface area contributed by atoms with Crippen molar-refractivity contribution in [3.63, 3.8) is 0 Å². The molecule has 3 nitrogen and oxygen atoms in total. The second-order valence-electron chi connectivity index (χ2n) is 2.80. The monoisotopic (exact) mass is 165 g/mol. The van der Waals surface area contributed by atoms with Crippen molar-refractivity contribution in [1.29, 1.82) is 0 Å². The van der Waals surface area contributed by atoms with Gasteiger partial charge in [-0.1, -0.05) is 13.8 Å². The summed E-state index contributed by atoms with van der Waals surface area (Å²) >= 11 is 0. The summed E-state index contributed by atoms with van der Waals surface area (Å²) in [6, 6.07) is 1.83. The molecule has 0 aliphatic rings. The molecule has 2 N–H and O–H groups in total. The van der Waals surface area contributed by atoms with Crippen molar-refractivity contribution >= 4 is 5.82 Å². The highest BCUT2D eigenvalue weighted by Gasteiger charge is 1.99. The maximum Gasteiger partial charge on any atom is 0.130 e. The van der Waals surface area contributed by atoms with Crippen LogP contribution in [0.4, 0.5) is 5.82 Å². The largest absolute Gasteiger partial charge is 0.384 e. The van der Waals surface area contributed by atoms with Gasteiger partial charge in [0, 0.05) is 18.2 Å². The van der Waals surface area contributed by atoms with Crippen LogP contribution in [0.1, 0.15) is 31.8 Å². The van der Waals surface area contributed by atoms with Crippen molar-refractivity contribution in [2.45, 2.75) is 33.1 Å². The number of hydrogen-bond acceptors (Lipinski definition) is 3. The molecule has 1 rings (SSSR count). The number of nitrogens with zero attached hydrogens (tertiary/aromatic N) is 2. The summed E-state index contributed by atoms with van der Waals surface area (Å²) in [7, 11) is 0. The normalized spacial score (nSPS) is 10.2. The third-order valence-electron chi connectivity index (χ3n) is 1.68. The van der Waals surface area contributed by atoms with Crippen LogP contribution in [0.25, 0.3) is 0 Å². The lowest BCUT2D eigenvalue weighted by Crippen LogP contribution is -2.02. The molecule has 0 aromatic carbocycles. The van der Waals surface area contributed by atoms with Gasteiger partial charge in [-0.3, -0.25) is 0 Å². The number of nitrogens with two attached hydrogens (primary N) is 1. The van der Waals surface area contributed by atoms with Crippen LogP contribution < -0.4 is 5.73 Å². The summed E-state index contributed by atoms with van der Waals surface area (Å²) in [6.45, 7) is 4.18. The Labute approximate surface area is 73.0 Å². The summed E-state index contributed by atoms with van der Waals surface area (Å²) < 4.78 is 0. The number of rotatable bonds is 3. The van der Waals surface area contributed by atoms with Crippen LogP contribution in [0.15, 0.2) is 6.07 Å². The van der Waals surface area contributed by atoms with Crippen LogP contribution in [-0.4, -0.2) is 9.97 Å². The molecular formula is C9H15N3. The Bertz CT molecular complexity index is 258. The second kappa shape index (κ2) is 4.04. The van der Waals surface area contributed by atoms with E-state index < -0.39 is 0 Å². The van der Waals surface area contributed by atoms with Crippen LogP contribution in [0.2, 0.25) is 0 Å². The standard InChI is InChI=1S/C9H15N3/c1-3-5-9-11-7(4-2)6-8(10)12-9/h6H,3-5H2,1-2H3,(H2,10,11,12). The van der Waals surface area contributed by atoms with E-state index in [1.54, 1.807) is 0 Å². The smallest absolute Gasteiger partial charge is 0.130 e. The molecule has 0 fully saturated rings. The van der Waals surface area contributed by atoms with E-state index in [1.807, 2.05) is 6.07 Å². The first-order valence-corrected chi connectivity index (χ1v) is 4.38. The molecule has 1 aromatic heterocycles. The van der Waals surface area contributed by atoms with Crippen molar-refractivity contribution < 1.29 is 0 Å². The molecule has 0 radical (unpaired) electrons. The Hall–Kier alpha value is -1.12. The van der Waals surface area contributed by atoms with Gasteiger partial charge in [-0.15, -0.1) is 0 Å². The Morgan fingerprint density at radius 3 is 2.67 bits per heavy atom. The predicted octanol–water partition coefficient (Wildman–Crippen LogP) is 1.57. The first kappa shape index (κ1) is 8.97. The Balaban J connectivity index is 2.90. The van der Waals surface area contributed by atoms with Crippen molar-refractivity contribution in [2.24, 2.45) is 0 Å². The van der Waals surface area contributed by atoms with Gasteiger partial charge in [-0.2, -0.15) is 0 Å². The fourth-order valence-corrected chi connectivity index (χ4v) is 1.09. The molecule has 1 aromatic rings. The van der Waals surface area contributed by atoms with Gasteiger partial charge in [-0.25, -0.2) is 9.97 Å². The van der Waals surface area contributed by atoms with E-state index in [0.29, 0.717) is 5.82 Å². The number of nitrogen functional groups attached to an aromatic ring is 1. The third-order valence-corrected chi connectivity index (χ3v) is 1.68. The van der Waals surface area contributed by atoms with Crippen LogP contribution >= 0.6 is 0 Å². The summed E-state index contributed by atoms with van der Waals surface area (Å²) in [5.74, 6) is 1.46. The van der Waals surface area contributed by atoms with Gasteiger partial charge in [0.05, 0.1) is 0 Å². The molecule has 0 bridgehead atoms. The maximum atomic E-state index is 5.61. The van der Waals surface area contributed by atoms with Gasteiger partial charge in [-0.05, 0) is 12.8 Å². The molecule has 66 valence electrons. The minimum Gasteiger partial charge on any atom is -0.384 e. The quantitative estimate of drug-likeness (QED) is 0.739. The molecule has 0 saturated heterocycles. The number of hydrogen-bond donors (Lipinski definition) is 1. The molecule has 0 aliphatic carbocycles. The van der Waals surface area contributed by atoms with E-state index in [0.717, 1.165) is 30.8 Å². The van der Waals surface area contributed by atoms with Crippen LogP contribution in [0.3, 0.4) is 0 Å². The Morgan fingerprint density at radius 2 is 2.08 bits per heavy atom. The van der Waals surface area contributed by atoms with Crippen molar-refractivity contribution in [2.75, 3.05) is 5.73 Å². The summed E-state index contributed by atoms with van der Waals surface area (Å²) in [5, 5.41) is 0. The molecule has 0 saturated carbocycles. The summed E-state index contributed by atoms with van der Waals surface area (Å²) in [5.41, 5.74) is 6.65. The highest BCUT2D eigenvalue weighted by Crippen LogP contribution is 2.05. The van der Waals surface area contributed by atoms with Gasteiger partial charge in [0.2, 0.25) is 0 Å². The van der Waals surface area contributed by atoms with E-state index in [4.69, 9.17) is 5.73 Å². The highest BCUT2D eigenvalue weighted by atomic mass is 14.9. The average Bonchev–Trinajstić information content (AvgIpc) is 2.04. The fraction of sp³-hybridized carbons (Fsp3) is 0.556. The topological polar surface area (TPSA) is 51.8 Å². The predicted molar refractivity (Wildman–Crippen MR) is 49.8 cm³/mol. The van der Waals surface area contributed by atoms with Crippen molar-refractivity contribution in [3.05, 3.63) is 17.6 Å². The van der Waals surface area contributed by atoms with Gasteiger partial charge >= 0.3 is 0 Å². The highest BCUT2D eigenvalue weighted by molar-refractivity contribution is 5.29. The molecule has 0 spiro atoms. The molecule has 0 aliphatic heterocycles. The summed E-state index contributed by atoms with van der Waals surface area (Å²) in [4.78, 5) is 8.49. The Morgan fingerprint density at radius 1 is 1.33 bits per heavy atom. The molecule has 0 atom stereocenters. The molecular weight excluding hydrogens is 150 g/mol. The van der Waals surface area contributed by atoms with Gasteiger partial charge in [0.1, 0.15) is 11.6 Å². The second-order valence-corrected chi connectivity index (χ2v) is 2.80. The van der Waals surface area contributed by atoms with E-state index in [1.165, 1.54) is 0 Å². The minimum atomic E-state index is 0.588. The van der Waals surface area contributed by atoms with E-state index in [9.17, 15) is 0 Å². The first-order valence-electron chi connectivity index (χ1n) is 4.38. The lowest BCUT2D eigenvalue weighted by molar-refractivity contribution is 0.817. The fourth-order valence-electron chi connectivity index (χ4n) is 1.09. The Kier molecular flexibility index (Phi) is 3.02. The lowest BCUT2D eigenvalue weighted by atomic mass is 10.3.